The maximum absolute atomic E-state index is 12.3. The largest absolute Gasteiger partial charge is 0.423 e. The van der Waals surface area contributed by atoms with Gasteiger partial charge in [-0.15, -0.1) is 0 Å². The highest BCUT2D eigenvalue weighted by molar-refractivity contribution is 9.10. The van der Waals surface area contributed by atoms with E-state index in [-0.39, 0.29) is 23.9 Å². The summed E-state index contributed by atoms with van der Waals surface area (Å²) in [6.07, 6.45) is 0.791. The molecular weight excluding hydrogens is 370 g/mol. The first-order valence-corrected chi connectivity index (χ1v) is 7.67. The predicted molar refractivity (Wildman–Crippen MR) is 86.8 cm³/mol. The van der Waals surface area contributed by atoms with Gasteiger partial charge in [0.2, 0.25) is 17.5 Å². The lowest BCUT2D eigenvalue weighted by atomic mass is 10.1. The molecule has 0 aliphatic rings. The van der Waals surface area contributed by atoms with Gasteiger partial charge in [-0.05, 0) is 30.2 Å². The standard InChI is InChI=1S/C15H13BrClN3O2/c1-9-19-13(8-18)15(22-9)20(2)14(21)6-3-10-7-11(17)4-5-12(10)16/h4-5,7H,3,6H2,1-2H3. The molecule has 0 unspecified atom stereocenters. The minimum atomic E-state index is -0.167. The monoisotopic (exact) mass is 381 g/mol. The molecule has 1 aromatic carbocycles. The topological polar surface area (TPSA) is 70.1 Å². The molecule has 1 aromatic heterocycles. The second-order valence-electron chi connectivity index (χ2n) is 4.69. The van der Waals surface area contributed by atoms with Crippen LogP contribution in [0.3, 0.4) is 0 Å². The smallest absolute Gasteiger partial charge is 0.241 e. The van der Waals surface area contributed by atoms with E-state index < -0.39 is 0 Å². The highest BCUT2D eigenvalue weighted by Crippen LogP contribution is 2.24. The van der Waals surface area contributed by atoms with Crippen molar-refractivity contribution < 1.29 is 9.21 Å². The predicted octanol–water partition coefficient (Wildman–Crippen LogP) is 3.87. The number of nitrogens with zero attached hydrogens (tertiary/aromatic N) is 3. The third-order valence-corrected chi connectivity index (χ3v) is 4.13. The minimum Gasteiger partial charge on any atom is -0.423 e. The average molecular weight is 383 g/mol. The second-order valence-corrected chi connectivity index (χ2v) is 5.98. The zero-order valence-corrected chi connectivity index (χ0v) is 14.4. The number of benzene rings is 1. The summed E-state index contributed by atoms with van der Waals surface area (Å²) < 4.78 is 6.23. The van der Waals surface area contributed by atoms with Crippen molar-refractivity contribution in [2.45, 2.75) is 19.8 Å². The first kappa shape index (κ1) is 16.5. The minimum absolute atomic E-state index is 0.109. The van der Waals surface area contributed by atoms with Gasteiger partial charge in [-0.2, -0.15) is 5.26 Å². The quantitative estimate of drug-likeness (QED) is 0.805. The van der Waals surface area contributed by atoms with Crippen molar-refractivity contribution in [3.8, 4) is 6.07 Å². The molecule has 2 aromatic rings. The van der Waals surface area contributed by atoms with E-state index in [4.69, 9.17) is 21.3 Å². The molecule has 0 aliphatic heterocycles. The van der Waals surface area contributed by atoms with Gasteiger partial charge in [0, 0.05) is 29.9 Å². The summed E-state index contributed by atoms with van der Waals surface area (Å²) in [5, 5.41) is 9.63. The number of aryl methyl sites for hydroxylation is 2. The molecule has 0 aliphatic carbocycles. The van der Waals surface area contributed by atoms with E-state index in [1.807, 2.05) is 18.2 Å². The van der Waals surface area contributed by atoms with Crippen molar-refractivity contribution in [3.05, 3.63) is 44.8 Å². The number of halogens is 2. The number of aromatic nitrogens is 1. The number of anilines is 1. The number of oxazole rings is 1. The van der Waals surface area contributed by atoms with Gasteiger partial charge in [-0.3, -0.25) is 9.69 Å². The highest BCUT2D eigenvalue weighted by atomic mass is 79.9. The summed E-state index contributed by atoms with van der Waals surface area (Å²) >= 11 is 9.39. The van der Waals surface area contributed by atoms with E-state index in [1.54, 1.807) is 20.0 Å². The van der Waals surface area contributed by atoms with Crippen LogP contribution in [0, 0.1) is 18.3 Å². The molecule has 0 radical (unpaired) electrons. The van der Waals surface area contributed by atoms with E-state index in [1.165, 1.54) is 4.90 Å². The van der Waals surface area contributed by atoms with Crippen LogP contribution in [0.1, 0.15) is 23.6 Å². The molecule has 1 heterocycles. The first-order chi connectivity index (χ1) is 10.4. The van der Waals surface area contributed by atoms with Crippen LogP contribution in [-0.2, 0) is 11.2 Å². The summed E-state index contributed by atoms with van der Waals surface area (Å²) in [4.78, 5) is 17.5. The molecule has 0 atom stereocenters. The van der Waals surface area contributed by atoms with Crippen LogP contribution in [0.25, 0.3) is 0 Å². The molecular formula is C15H13BrClN3O2. The molecule has 2 rings (SSSR count). The summed E-state index contributed by atoms with van der Waals surface area (Å²) in [6.45, 7) is 1.63. The van der Waals surface area contributed by atoms with E-state index in [2.05, 4.69) is 20.9 Å². The first-order valence-electron chi connectivity index (χ1n) is 6.50. The number of carbonyl (C=O) groups is 1. The molecule has 5 nitrogen and oxygen atoms in total. The zero-order chi connectivity index (χ0) is 16.3. The van der Waals surface area contributed by atoms with E-state index in [0.29, 0.717) is 17.3 Å². The fourth-order valence-corrected chi connectivity index (χ4v) is 2.61. The summed E-state index contributed by atoms with van der Waals surface area (Å²) in [5.74, 6) is 0.360. The molecule has 114 valence electrons. The number of nitriles is 1. The van der Waals surface area contributed by atoms with E-state index in [9.17, 15) is 4.79 Å². The van der Waals surface area contributed by atoms with Crippen LogP contribution in [0.2, 0.25) is 5.02 Å². The second kappa shape index (κ2) is 6.95. The Hall–Kier alpha value is -1.84. The van der Waals surface area contributed by atoms with Crippen molar-refractivity contribution in [2.75, 3.05) is 11.9 Å². The Morgan fingerprint density at radius 1 is 1.55 bits per heavy atom. The third-order valence-electron chi connectivity index (χ3n) is 3.12. The summed E-state index contributed by atoms with van der Waals surface area (Å²) in [5.41, 5.74) is 1.06. The molecule has 0 N–H and O–H groups in total. The molecule has 0 spiro atoms. The maximum Gasteiger partial charge on any atom is 0.241 e. The van der Waals surface area contributed by atoms with Crippen LogP contribution in [0.5, 0.6) is 0 Å². The van der Waals surface area contributed by atoms with Gasteiger partial charge in [0.1, 0.15) is 6.07 Å². The number of hydrogen-bond donors (Lipinski definition) is 0. The lowest BCUT2D eigenvalue weighted by molar-refractivity contribution is -0.118. The molecule has 0 saturated heterocycles. The highest BCUT2D eigenvalue weighted by Gasteiger charge is 2.20. The summed E-state index contributed by atoms with van der Waals surface area (Å²) in [7, 11) is 1.57. The van der Waals surface area contributed by atoms with Crippen LogP contribution >= 0.6 is 27.5 Å². The molecule has 7 heteroatoms. The number of hydrogen-bond acceptors (Lipinski definition) is 4. The van der Waals surface area contributed by atoms with Gasteiger partial charge in [0.05, 0.1) is 0 Å². The van der Waals surface area contributed by atoms with E-state index >= 15 is 0 Å². The van der Waals surface area contributed by atoms with E-state index in [0.717, 1.165) is 10.0 Å². The van der Waals surface area contributed by atoms with Crippen molar-refractivity contribution in [1.82, 2.24) is 4.98 Å². The SMILES string of the molecule is Cc1nc(C#N)c(N(C)C(=O)CCc2cc(Cl)ccc2Br)o1. The third kappa shape index (κ3) is 3.67. The van der Waals surface area contributed by atoms with Gasteiger partial charge >= 0.3 is 0 Å². The van der Waals surface area contributed by atoms with Crippen LogP contribution < -0.4 is 4.90 Å². The van der Waals surface area contributed by atoms with Crippen molar-refractivity contribution in [1.29, 1.82) is 5.26 Å². The van der Waals surface area contributed by atoms with Crippen molar-refractivity contribution in [2.24, 2.45) is 0 Å². The normalized spacial score (nSPS) is 10.3. The van der Waals surface area contributed by atoms with Gasteiger partial charge in [-0.1, -0.05) is 27.5 Å². The summed E-state index contributed by atoms with van der Waals surface area (Å²) in [6, 6.07) is 7.36. The lowest BCUT2D eigenvalue weighted by Crippen LogP contribution is -2.26. The van der Waals surface area contributed by atoms with Crippen molar-refractivity contribution >= 4 is 39.3 Å². The van der Waals surface area contributed by atoms with Gasteiger partial charge < -0.3 is 4.42 Å². The molecule has 0 bridgehead atoms. The van der Waals surface area contributed by atoms with Gasteiger partial charge in [-0.25, -0.2) is 4.98 Å². The Morgan fingerprint density at radius 2 is 2.27 bits per heavy atom. The van der Waals surface area contributed by atoms with Gasteiger partial charge in [0.25, 0.3) is 0 Å². The Balaban J connectivity index is 2.09. The number of rotatable bonds is 4. The Labute approximate surface area is 141 Å². The number of carbonyl (C=O) groups excluding carboxylic acids is 1. The molecule has 22 heavy (non-hydrogen) atoms. The fourth-order valence-electron chi connectivity index (χ4n) is 1.97. The van der Waals surface area contributed by atoms with Crippen LogP contribution in [0.15, 0.2) is 27.1 Å². The lowest BCUT2D eigenvalue weighted by Gasteiger charge is -2.14. The molecule has 0 fully saturated rings. The van der Waals surface area contributed by atoms with Gasteiger partial charge in [0.15, 0.2) is 5.89 Å². The fraction of sp³-hybridized carbons (Fsp3) is 0.267. The average Bonchev–Trinajstić information content (AvgIpc) is 2.88. The van der Waals surface area contributed by atoms with Crippen LogP contribution in [0.4, 0.5) is 5.88 Å². The molecule has 0 saturated carbocycles. The zero-order valence-electron chi connectivity index (χ0n) is 12.1. The van der Waals surface area contributed by atoms with Crippen LogP contribution in [-0.4, -0.2) is 17.9 Å². The maximum atomic E-state index is 12.3. The van der Waals surface area contributed by atoms with Crippen molar-refractivity contribution in [3.63, 3.8) is 0 Å². The Morgan fingerprint density at radius 3 is 2.95 bits per heavy atom. The number of amides is 1. The Kier molecular flexibility index (Phi) is 5.22. The molecule has 1 amide bonds. The Bertz CT molecular complexity index is 752.